The zero-order chi connectivity index (χ0) is 21.7. The Morgan fingerprint density at radius 2 is 2.17 bits per heavy atom. The SMILES string of the molecule is C=N/C=C(/c1nccc(-c2cccc(NS(C)(=O)=O)c2)n1)N1C=C(C(F)F)N=CC1. The number of aliphatic imine (C=N–C) groups is 2. The summed E-state index contributed by atoms with van der Waals surface area (Å²) in [5.74, 6) is 0.238. The highest BCUT2D eigenvalue weighted by Crippen LogP contribution is 2.25. The minimum atomic E-state index is -3.43. The Morgan fingerprint density at radius 1 is 1.37 bits per heavy atom. The van der Waals surface area contributed by atoms with Crippen molar-refractivity contribution in [3.05, 3.63) is 60.5 Å². The largest absolute Gasteiger partial charge is 0.336 e. The molecule has 0 unspecified atom stereocenters. The van der Waals surface area contributed by atoms with Crippen molar-refractivity contribution in [2.75, 3.05) is 17.5 Å². The molecular formula is C19H18F2N6O2S. The standard InChI is InChI=1S/C19H18F2N6O2S/c1-22-11-17(27-9-8-23-16(12-27)18(20)21)19-24-7-6-15(25-19)13-4-3-5-14(10-13)26-30(2,28)29/h3-8,10-12,18,26H,1,9H2,2H3/b17-11-. The number of hydrogen-bond acceptors (Lipinski definition) is 7. The summed E-state index contributed by atoms with van der Waals surface area (Å²) in [7, 11) is -3.43. The van der Waals surface area contributed by atoms with Crippen LogP contribution in [0.15, 0.2) is 64.6 Å². The molecule has 0 saturated carbocycles. The van der Waals surface area contributed by atoms with Gasteiger partial charge in [-0.05, 0) is 24.9 Å². The van der Waals surface area contributed by atoms with Crippen LogP contribution in [-0.2, 0) is 10.0 Å². The lowest BCUT2D eigenvalue weighted by molar-refractivity contribution is 0.185. The topological polar surface area (TPSA) is 99.9 Å². The van der Waals surface area contributed by atoms with Crippen LogP contribution in [0.1, 0.15) is 5.82 Å². The summed E-state index contributed by atoms with van der Waals surface area (Å²) in [4.78, 5) is 17.7. The van der Waals surface area contributed by atoms with Crippen molar-refractivity contribution >= 4 is 34.3 Å². The van der Waals surface area contributed by atoms with E-state index in [9.17, 15) is 17.2 Å². The molecule has 0 saturated heterocycles. The highest BCUT2D eigenvalue weighted by molar-refractivity contribution is 7.92. The Hall–Kier alpha value is -3.47. The molecule has 0 spiro atoms. The molecule has 3 rings (SSSR count). The lowest BCUT2D eigenvalue weighted by Crippen LogP contribution is -2.24. The molecule has 0 fully saturated rings. The van der Waals surface area contributed by atoms with E-state index in [4.69, 9.17) is 0 Å². The van der Waals surface area contributed by atoms with Crippen LogP contribution in [-0.4, -0.2) is 55.4 Å². The summed E-state index contributed by atoms with van der Waals surface area (Å²) in [5, 5.41) is 0. The second-order valence-corrected chi connectivity index (χ2v) is 7.98. The van der Waals surface area contributed by atoms with Gasteiger partial charge < -0.3 is 4.90 Å². The third-order valence-electron chi connectivity index (χ3n) is 3.90. The lowest BCUT2D eigenvalue weighted by Gasteiger charge is -2.24. The van der Waals surface area contributed by atoms with Crippen LogP contribution in [0.2, 0.25) is 0 Å². The molecule has 2 heterocycles. The Labute approximate surface area is 172 Å². The van der Waals surface area contributed by atoms with Crippen molar-refractivity contribution in [2.45, 2.75) is 6.43 Å². The fraction of sp³-hybridized carbons (Fsp3) is 0.158. The number of hydrogen-bond donors (Lipinski definition) is 1. The Morgan fingerprint density at radius 3 is 2.87 bits per heavy atom. The molecule has 1 aliphatic heterocycles. The van der Waals surface area contributed by atoms with E-state index in [1.165, 1.54) is 29.7 Å². The number of aromatic nitrogens is 2. The summed E-state index contributed by atoms with van der Waals surface area (Å²) < 4.78 is 51.4. The van der Waals surface area contributed by atoms with Gasteiger partial charge in [0.2, 0.25) is 10.0 Å². The summed E-state index contributed by atoms with van der Waals surface area (Å²) >= 11 is 0. The number of allylic oxidation sites excluding steroid dienone is 1. The molecule has 2 aromatic rings. The van der Waals surface area contributed by atoms with Gasteiger partial charge in [-0.1, -0.05) is 12.1 Å². The second kappa shape index (κ2) is 8.91. The predicted molar refractivity (Wildman–Crippen MR) is 113 cm³/mol. The molecule has 30 heavy (non-hydrogen) atoms. The third-order valence-corrected chi connectivity index (χ3v) is 4.51. The van der Waals surface area contributed by atoms with Gasteiger partial charge in [-0.15, -0.1) is 0 Å². The average Bonchev–Trinajstić information content (AvgIpc) is 2.71. The van der Waals surface area contributed by atoms with Crippen LogP contribution in [0.5, 0.6) is 0 Å². The monoisotopic (exact) mass is 432 g/mol. The van der Waals surface area contributed by atoms with E-state index < -0.39 is 16.4 Å². The Kier molecular flexibility index (Phi) is 6.31. The van der Waals surface area contributed by atoms with E-state index in [1.54, 1.807) is 30.3 Å². The van der Waals surface area contributed by atoms with E-state index in [-0.39, 0.29) is 18.1 Å². The molecule has 1 aromatic heterocycles. The van der Waals surface area contributed by atoms with Crippen LogP contribution >= 0.6 is 0 Å². The summed E-state index contributed by atoms with van der Waals surface area (Å²) in [6.45, 7) is 3.66. The molecule has 8 nitrogen and oxygen atoms in total. The van der Waals surface area contributed by atoms with Crippen molar-refractivity contribution in [2.24, 2.45) is 9.98 Å². The molecule has 156 valence electrons. The predicted octanol–water partition coefficient (Wildman–Crippen LogP) is 3.01. The number of benzene rings is 1. The van der Waals surface area contributed by atoms with Gasteiger partial charge in [-0.25, -0.2) is 27.2 Å². The molecular weight excluding hydrogens is 414 g/mol. The Balaban J connectivity index is 1.97. The van der Waals surface area contributed by atoms with Crippen molar-refractivity contribution in [3.8, 4) is 11.3 Å². The molecule has 11 heteroatoms. The molecule has 1 aromatic carbocycles. The van der Waals surface area contributed by atoms with Crippen molar-refractivity contribution in [1.29, 1.82) is 0 Å². The number of alkyl halides is 2. The van der Waals surface area contributed by atoms with Crippen molar-refractivity contribution in [3.63, 3.8) is 0 Å². The number of anilines is 1. The van der Waals surface area contributed by atoms with E-state index in [0.29, 0.717) is 22.6 Å². The van der Waals surface area contributed by atoms with Crippen LogP contribution in [0, 0.1) is 0 Å². The van der Waals surface area contributed by atoms with Crippen LogP contribution in [0.3, 0.4) is 0 Å². The van der Waals surface area contributed by atoms with Gasteiger partial charge in [0.1, 0.15) is 11.4 Å². The highest BCUT2D eigenvalue weighted by Gasteiger charge is 2.20. The fourth-order valence-electron chi connectivity index (χ4n) is 2.71. The van der Waals surface area contributed by atoms with E-state index >= 15 is 0 Å². The van der Waals surface area contributed by atoms with Gasteiger partial charge in [0.05, 0.1) is 24.7 Å². The van der Waals surface area contributed by atoms with E-state index in [2.05, 4.69) is 31.4 Å². The highest BCUT2D eigenvalue weighted by atomic mass is 32.2. The molecule has 0 bridgehead atoms. The maximum absolute atomic E-state index is 13.0. The van der Waals surface area contributed by atoms with Gasteiger partial charge in [0.25, 0.3) is 6.43 Å². The first-order chi connectivity index (χ1) is 14.3. The smallest absolute Gasteiger partial charge is 0.281 e. The maximum Gasteiger partial charge on any atom is 0.281 e. The lowest BCUT2D eigenvalue weighted by atomic mass is 10.1. The molecule has 1 aliphatic rings. The fourth-order valence-corrected chi connectivity index (χ4v) is 3.26. The summed E-state index contributed by atoms with van der Waals surface area (Å²) in [6.07, 6.45) is 3.81. The second-order valence-electron chi connectivity index (χ2n) is 6.24. The normalized spacial score (nSPS) is 14.6. The number of nitrogens with zero attached hydrogens (tertiary/aromatic N) is 5. The number of halogens is 2. The zero-order valence-electron chi connectivity index (χ0n) is 15.9. The zero-order valence-corrected chi connectivity index (χ0v) is 16.7. The van der Waals surface area contributed by atoms with E-state index in [0.717, 1.165) is 6.26 Å². The number of sulfonamides is 1. The van der Waals surface area contributed by atoms with Crippen molar-refractivity contribution in [1.82, 2.24) is 14.9 Å². The van der Waals surface area contributed by atoms with Gasteiger partial charge in [-0.3, -0.25) is 14.7 Å². The minimum Gasteiger partial charge on any atom is -0.336 e. The van der Waals surface area contributed by atoms with Crippen LogP contribution in [0.4, 0.5) is 14.5 Å². The first kappa shape index (κ1) is 21.2. The van der Waals surface area contributed by atoms with Gasteiger partial charge in [0, 0.05) is 29.9 Å². The van der Waals surface area contributed by atoms with E-state index in [1.807, 2.05) is 0 Å². The van der Waals surface area contributed by atoms with Crippen molar-refractivity contribution < 1.29 is 17.2 Å². The maximum atomic E-state index is 13.0. The molecule has 0 aliphatic carbocycles. The summed E-state index contributed by atoms with van der Waals surface area (Å²) in [6, 6.07) is 8.34. The molecule has 0 atom stereocenters. The first-order valence-corrected chi connectivity index (χ1v) is 10.5. The minimum absolute atomic E-state index is 0.235. The first-order valence-electron chi connectivity index (χ1n) is 8.63. The number of nitrogens with one attached hydrogen (secondary N) is 1. The van der Waals surface area contributed by atoms with Crippen LogP contribution in [0.25, 0.3) is 17.0 Å². The quantitative estimate of drug-likeness (QED) is 0.678. The molecule has 0 amide bonds. The van der Waals surface area contributed by atoms with Gasteiger partial charge in [0.15, 0.2) is 5.82 Å². The average molecular weight is 432 g/mol. The van der Waals surface area contributed by atoms with Gasteiger partial charge >= 0.3 is 0 Å². The molecule has 0 radical (unpaired) electrons. The molecule has 1 N–H and O–H groups in total. The third kappa shape index (κ3) is 5.32. The van der Waals surface area contributed by atoms with Crippen LogP contribution < -0.4 is 4.72 Å². The Bertz CT molecular complexity index is 1150. The summed E-state index contributed by atoms with van der Waals surface area (Å²) in [5.41, 5.74) is 1.52. The van der Waals surface area contributed by atoms with Gasteiger partial charge in [-0.2, -0.15) is 0 Å². The number of rotatable bonds is 7.